The zero-order valence-corrected chi connectivity index (χ0v) is 32.9. The van der Waals surface area contributed by atoms with Gasteiger partial charge in [-0.2, -0.15) is 0 Å². The van der Waals surface area contributed by atoms with E-state index in [-0.39, 0.29) is 0 Å². The predicted octanol–water partition coefficient (Wildman–Crippen LogP) is 12.3. The number of carboxylic acids is 1. The van der Waals surface area contributed by atoms with Crippen molar-refractivity contribution in [2.75, 3.05) is 31.6 Å². The van der Waals surface area contributed by atoms with E-state index in [1.165, 1.54) is 108 Å². The van der Waals surface area contributed by atoms with E-state index in [4.69, 9.17) is 4.42 Å². The van der Waals surface area contributed by atoms with Gasteiger partial charge in [-0.25, -0.2) is 4.58 Å². The molecule has 0 amide bonds. The van der Waals surface area contributed by atoms with E-state index in [0.29, 0.717) is 6.42 Å². The summed E-state index contributed by atoms with van der Waals surface area (Å²) in [6, 6.07) is 13.0. The van der Waals surface area contributed by atoms with Gasteiger partial charge in [-0.15, -0.1) is 0 Å². The van der Waals surface area contributed by atoms with Crippen molar-refractivity contribution in [1.82, 2.24) is 4.58 Å². The highest BCUT2D eigenvalue weighted by Crippen LogP contribution is 2.36. The molecule has 0 fully saturated rings. The molecule has 0 radical (unpaired) electrons. The topological polar surface area (TPSA) is 56.7 Å². The third-order valence-corrected chi connectivity index (χ3v) is 10.8. The van der Waals surface area contributed by atoms with Gasteiger partial charge in [-0.3, -0.25) is 4.79 Å². The molecule has 1 aliphatic carbocycles. The Morgan fingerprint density at radius 3 is 1.76 bits per heavy atom. The van der Waals surface area contributed by atoms with Crippen molar-refractivity contribution in [2.45, 2.75) is 169 Å². The van der Waals surface area contributed by atoms with Gasteiger partial charge in [-0.05, 0) is 43.5 Å². The van der Waals surface area contributed by atoms with Crippen molar-refractivity contribution in [2.24, 2.45) is 5.92 Å². The summed E-state index contributed by atoms with van der Waals surface area (Å²) < 4.78 is 9.15. The monoisotopic (exact) mass is 690 g/mol. The van der Waals surface area contributed by atoms with Crippen molar-refractivity contribution >= 4 is 22.6 Å². The van der Waals surface area contributed by atoms with Gasteiger partial charge in [0.2, 0.25) is 5.36 Å². The summed E-state index contributed by atoms with van der Waals surface area (Å²) in [6.07, 6.45) is 27.1. The lowest BCUT2D eigenvalue weighted by molar-refractivity contribution is -0.142. The minimum absolute atomic E-state index is 0.404. The molecule has 5 nitrogen and oxygen atoms in total. The minimum atomic E-state index is -0.683. The fourth-order valence-electron chi connectivity index (χ4n) is 7.36. The average Bonchev–Trinajstić information content (AvgIpc) is 3.12. The lowest BCUT2D eigenvalue weighted by Crippen LogP contribution is -2.32. The second-order valence-corrected chi connectivity index (χ2v) is 15.0. The molecule has 1 N–H and O–H groups in total. The van der Waals surface area contributed by atoms with Gasteiger partial charge >= 0.3 is 5.97 Å². The molecule has 1 atom stereocenters. The Bertz CT molecular complexity index is 1400. The highest BCUT2D eigenvalue weighted by molar-refractivity contribution is 5.90. The first-order valence-electron chi connectivity index (χ1n) is 20.9. The molecule has 1 aromatic carbocycles. The predicted molar refractivity (Wildman–Crippen MR) is 216 cm³/mol. The number of nitrogens with zero attached hydrogens (tertiary/aromatic N) is 2. The van der Waals surface area contributed by atoms with Crippen LogP contribution in [0.1, 0.15) is 168 Å². The quantitative estimate of drug-likeness (QED) is 0.0468. The number of carboxylic acid groups (broad SMARTS) is 1. The lowest BCUT2D eigenvalue weighted by Gasteiger charge is -2.21. The summed E-state index contributed by atoms with van der Waals surface area (Å²) in [4.78, 5) is 14.9. The van der Waals surface area contributed by atoms with Gasteiger partial charge in [0.15, 0.2) is 0 Å². The molecule has 280 valence electrons. The van der Waals surface area contributed by atoms with E-state index in [0.717, 1.165) is 85.3 Å². The Labute approximate surface area is 305 Å². The van der Waals surface area contributed by atoms with Gasteiger partial charge in [0, 0.05) is 55.2 Å². The first-order chi connectivity index (χ1) is 24.4. The molecule has 1 aliphatic heterocycles. The van der Waals surface area contributed by atoms with Crippen LogP contribution in [-0.2, 0) is 11.2 Å². The van der Waals surface area contributed by atoms with Crippen LogP contribution in [-0.4, -0.2) is 37.8 Å². The van der Waals surface area contributed by atoms with Crippen LogP contribution < -0.4 is 14.8 Å². The van der Waals surface area contributed by atoms with Crippen LogP contribution in [0, 0.1) is 5.92 Å². The SMILES string of the molecule is CCCCCCCCCCCCCCCCCCC(Cc1c2ccc(=[N+](CCCC)CCCC)cc-2oc2cc(N(C)CC)ccc12)C(=O)O. The standard InChI is InChI=1S/C45H72N2O3/c1-6-10-13-14-15-16-17-18-19-20-21-22-23-24-25-26-27-37(45(48)49)34-42-40-30-28-38(46(5)9-4)35-43(40)50-44-36-39(29-31-41(42)44)47(32-11-7-2)33-12-8-3/h28-31,35-37H,6-27,32-34H2,1-5H3/p+1. The highest BCUT2D eigenvalue weighted by Gasteiger charge is 2.24. The Hall–Kier alpha value is -2.82. The molecule has 1 heterocycles. The molecule has 0 spiro atoms. The number of unbranched alkanes of at least 4 members (excludes halogenated alkanes) is 17. The molecule has 0 saturated carbocycles. The van der Waals surface area contributed by atoms with E-state index in [2.05, 4.69) is 80.6 Å². The van der Waals surface area contributed by atoms with Crippen molar-refractivity contribution < 1.29 is 14.3 Å². The van der Waals surface area contributed by atoms with Crippen LogP contribution in [0.2, 0.25) is 0 Å². The Morgan fingerprint density at radius 1 is 0.700 bits per heavy atom. The fraction of sp³-hybridized carbons (Fsp3) is 0.689. The third-order valence-electron chi connectivity index (χ3n) is 10.8. The van der Waals surface area contributed by atoms with Crippen LogP contribution in [0.15, 0.2) is 40.8 Å². The molecule has 5 heteroatoms. The highest BCUT2D eigenvalue weighted by atomic mass is 16.4. The summed E-state index contributed by atoms with van der Waals surface area (Å²) in [5.74, 6) is -0.234. The van der Waals surface area contributed by atoms with Crippen molar-refractivity contribution in [3.63, 3.8) is 0 Å². The maximum atomic E-state index is 12.7. The van der Waals surface area contributed by atoms with E-state index >= 15 is 0 Å². The Balaban J connectivity index is 1.64. The second kappa shape index (κ2) is 24.4. The number of anilines is 1. The fourth-order valence-corrected chi connectivity index (χ4v) is 7.36. The van der Waals surface area contributed by atoms with Crippen LogP contribution in [0.4, 0.5) is 5.69 Å². The van der Waals surface area contributed by atoms with Gasteiger partial charge in [0.05, 0.1) is 12.0 Å². The van der Waals surface area contributed by atoms with Crippen LogP contribution in [0.3, 0.4) is 0 Å². The summed E-state index contributed by atoms with van der Waals surface area (Å²) in [6.45, 7) is 11.9. The smallest absolute Gasteiger partial charge is 0.306 e. The molecule has 1 aromatic rings. The number of fused-ring (bicyclic) bond motifs is 2. The van der Waals surface area contributed by atoms with Gasteiger partial charge < -0.3 is 14.4 Å². The zero-order valence-electron chi connectivity index (χ0n) is 32.9. The van der Waals surface area contributed by atoms with Gasteiger partial charge in [-0.1, -0.05) is 136 Å². The van der Waals surface area contributed by atoms with E-state index in [1.807, 2.05) is 0 Å². The molecule has 2 aliphatic rings. The zero-order chi connectivity index (χ0) is 36.0. The average molecular weight is 690 g/mol. The number of carbonyl (C=O) groups is 1. The van der Waals surface area contributed by atoms with Crippen molar-refractivity contribution in [3.8, 4) is 11.3 Å². The molecule has 3 rings (SSSR count). The Morgan fingerprint density at radius 2 is 1.24 bits per heavy atom. The molecule has 1 unspecified atom stereocenters. The molecular weight excluding hydrogens is 617 g/mol. The van der Waals surface area contributed by atoms with E-state index < -0.39 is 11.9 Å². The van der Waals surface area contributed by atoms with E-state index in [9.17, 15) is 9.90 Å². The first kappa shape index (κ1) is 41.6. The molecular formula is C45H73N2O3+. The molecule has 0 saturated heterocycles. The number of hydrogen-bond acceptors (Lipinski definition) is 3. The summed E-state index contributed by atoms with van der Waals surface area (Å²) in [7, 11) is 2.10. The van der Waals surface area contributed by atoms with Crippen LogP contribution in [0.5, 0.6) is 0 Å². The summed E-state index contributed by atoms with van der Waals surface area (Å²) in [5.41, 5.74) is 4.10. The summed E-state index contributed by atoms with van der Waals surface area (Å²) in [5, 5.41) is 12.6. The molecule has 50 heavy (non-hydrogen) atoms. The van der Waals surface area contributed by atoms with Gasteiger partial charge in [0.25, 0.3) is 0 Å². The van der Waals surface area contributed by atoms with Crippen LogP contribution in [0.25, 0.3) is 22.3 Å². The maximum absolute atomic E-state index is 12.7. The lowest BCUT2D eigenvalue weighted by atomic mass is 9.88. The maximum Gasteiger partial charge on any atom is 0.306 e. The number of hydrogen-bond donors (Lipinski definition) is 1. The second-order valence-electron chi connectivity index (χ2n) is 15.0. The Kier molecular flexibility index (Phi) is 20.3. The van der Waals surface area contributed by atoms with Crippen molar-refractivity contribution in [1.29, 1.82) is 0 Å². The summed E-state index contributed by atoms with van der Waals surface area (Å²) >= 11 is 0. The van der Waals surface area contributed by atoms with Gasteiger partial charge in [0.1, 0.15) is 24.4 Å². The third kappa shape index (κ3) is 14.1. The normalized spacial score (nSPS) is 12.2. The number of benzene rings is 2. The first-order valence-corrected chi connectivity index (χ1v) is 20.9. The number of rotatable bonds is 28. The van der Waals surface area contributed by atoms with E-state index in [1.54, 1.807) is 0 Å². The number of aliphatic carboxylic acids is 1. The molecule has 0 aromatic heterocycles. The molecule has 0 bridgehead atoms. The largest absolute Gasteiger partial charge is 0.481 e. The van der Waals surface area contributed by atoms with Crippen LogP contribution >= 0.6 is 0 Å². The minimum Gasteiger partial charge on any atom is -0.481 e. The van der Waals surface area contributed by atoms with Crippen molar-refractivity contribution in [3.05, 3.63) is 47.3 Å².